The first-order valence-corrected chi connectivity index (χ1v) is 5.69. The highest BCUT2D eigenvalue weighted by molar-refractivity contribution is 7.31. The fourth-order valence-electron chi connectivity index (χ4n) is 0. The maximum atomic E-state index is 8.70. The zero-order valence-corrected chi connectivity index (χ0v) is 9.38. The molecule has 86 valence electrons. The van der Waals surface area contributed by atoms with E-state index in [0.717, 1.165) is 7.11 Å². The van der Waals surface area contributed by atoms with Gasteiger partial charge in [-0.05, 0) is 0 Å². The fraction of sp³-hybridized carbons (Fsp3) is 1.00. The van der Waals surface area contributed by atoms with Crippen LogP contribution in [-0.4, -0.2) is 41.6 Å². The molecular weight excluding hydrogens is 265 g/mol. The quantitative estimate of drug-likeness (QED) is 0.255. The summed E-state index contributed by atoms with van der Waals surface area (Å²) in [7, 11) is -7.61. The highest BCUT2D eigenvalue weighted by Crippen LogP contribution is 1.99. The first-order valence-electron chi connectivity index (χ1n) is 2.19. The van der Waals surface area contributed by atoms with Gasteiger partial charge in [-0.15, -0.1) is 29.4 Å². The van der Waals surface area contributed by atoms with Crippen molar-refractivity contribution in [1.82, 2.24) is 0 Å². The summed E-state index contributed by atoms with van der Waals surface area (Å²) in [5.74, 6) is 0. The lowest BCUT2D eigenvalue weighted by Crippen LogP contribution is -1.38. The minimum Gasteiger partial charge on any atom is -0.400 e. The molecule has 0 aliphatic rings. The first kappa shape index (κ1) is 23.7. The lowest BCUT2D eigenvalue weighted by Gasteiger charge is -1.34. The Morgan fingerprint density at radius 3 is 0.571 bits per heavy atom. The molecule has 0 aliphatic carbocycles. The summed E-state index contributed by atoms with van der Waals surface area (Å²) in [5.41, 5.74) is 0. The molecule has 0 radical (unpaired) electrons. The SMILES string of the molecule is CO.O=[P+](O)O.O=[P+](O)O.O=[P+](O)O. The second kappa shape index (κ2) is 23.1. The van der Waals surface area contributed by atoms with Crippen molar-refractivity contribution < 1.29 is 48.2 Å². The predicted molar refractivity (Wildman–Crippen MR) is 44.3 cm³/mol. The minimum atomic E-state index is -2.87. The summed E-state index contributed by atoms with van der Waals surface area (Å²) >= 11 is 0. The summed E-state index contributed by atoms with van der Waals surface area (Å²) in [6.45, 7) is 0. The molecule has 0 aromatic carbocycles. The number of rotatable bonds is 0. The van der Waals surface area contributed by atoms with Crippen LogP contribution in [0.15, 0.2) is 0 Å². The average molecular weight is 275 g/mol. The Labute approximate surface area is 81.0 Å². The monoisotopic (exact) mass is 275 g/mol. The van der Waals surface area contributed by atoms with Crippen molar-refractivity contribution >= 4 is 24.8 Å². The Bertz CT molecular complexity index is 113. The summed E-state index contributed by atoms with van der Waals surface area (Å²) in [6.07, 6.45) is 0. The second-order valence-corrected chi connectivity index (χ2v) is 2.27. The molecule has 0 saturated carbocycles. The van der Waals surface area contributed by atoms with Crippen LogP contribution in [0.3, 0.4) is 0 Å². The smallest absolute Gasteiger partial charge is 0.400 e. The average Bonchev–Trinajstić information content (AvgIpc) is 1.86. The van der Waals surface area contributed by atoms with E-state index in [1.54, 1.807) is 0 Å². The van der Waals surface area contributed by atoms with E-state index >= 15 is 0 Å². The number of hydrogen-bond acceptors (Lipinski definition) is 4. The second-order valence-electron chi connectivity index (χ2n) is 0.758. The molecule has 0 unspecified atom stereocenters. The number of aliphatic hydroxyl groups excluding tert-OH is 1. The topological polar surface area (TPSA) is 193 Å². The van der Waals surface area contributed by atoms with E-state index < -0.39 is 24.8 Å². The standard InChI is InChI=1S/CH4O.3HO3P/c1-2;3*1-4(2)3/h2H,1H3;3*(H-,1,2,3)/p+3. The third kappa shape index (κ3) is 3650000. The molecule has 0 fully saturated rings. The normalized spacial score (nSPS) is 6.00. The molecule has 7 N–H and O–H groups in total. The molecule has 0 saturated heterocycles. The van der Waals surface area contributed by atoms with Gasteiger partial charge in [-0.2, -0.15) is 0 Å². The van der Waals surface area contributed by atoms with Crippen LogP contribution in [0.1, 0.15) is 0 Å². The Morgan fingerprint density at radius 2 is 0.571 bits per heavy atom. The molecule has 0 aliphatic heterocycles. The lowest BCUT2D eigenvalue weighted by atomic mass is 11.8. The van der Waals surface area contributed by atoms with E-state index in [-0.39, 0.29) is 0 Å². The van der Waals surface area contributed by atoms with Crippen molar-refractivity contribution in [2.75, 3.05) is 7.11 Å². The Hall–Kier alpha value is 0.0200. The van der Waals surface area contributed by atoms with Crippen molar-refractivity contribution in [2.45, 2.75) is 0 Å². The van der Waals surface area contributed by atoms with Crippen LogP contribution in [-0.2, 0) is 13.7 Å². The Balaban J connectivity index is -0.0000000492. The van der Waals surface area contributed by atoms with Gasteiger partial charge >= 0.3 is 24.8 Å². The molecule has 0 aromatic rings. The van der Waals surface area contributed by atoms with Gasteiger partial charge in [-0.3, -0.25) is 0 Å². The highest BCUT2D eigenvalue weighted by atomic mass is 31.1. The molecular formula is CH10O10P3+3. The van der Waals surface area contributed by atoms with Gasteiger partial charge in [-0.25, -0.2) is 0 Å². The molecule has 0 amide bonds. The van der Waals surface area contributed by atoms with Gasteiger partial charge in [0.15, 0.2) is 0 Å². The zero-order valence-electron chi connectivity index (χ0n) is 6.70. The maximum absolute atomic E-state index is 8.70. The minimum absolute atomic E-state index is 1.00. The van der Waals surface area contributed by atoms with Gasteiger partial charge in [0.1, 0.15) is 0 Å². The van der Waals surface area contributed by atoms with Gasteiger partial charge in [0.2, 0.25) is 0 Å². The summed E-state index contributed by atoms with van der Waals surface area (Å²) in [5, 5.41) is 7.00. The van der Waals surface area contributed by atoms with Crippen molar-refractivity contribution in [3.8, 4) is 0 Å². The predicted octanol–water partition coefficient (Wildman–Crippen LogP) is -1.51. The largest absolute Gasteiger partial charge is 0.692 e. The third-order valence-corrected chi connectivity index (χ3v) is 0. The molecule has 0 heterocycles. The van der Waals surface area contributed by atoms with E-state index in [1.165, 1.54) is 0 Å². The van der Waals surface area contributed by atoms with Crippen molar-refractivity contribution in [2.24, 2.45) is 0 Å². The molecule has 0 aromatic heterocycles. The van der Waals surface area contributed by atoms with Gasteiger partial charge in [0, 0.05) is 20.8 Å². The van der Waals surface area contributed by atoms with Gasteiger partial charge in [0.25, 0.3) is 0 Å². The van der Waals surface area contributed by atoms with E-state index in [2.05, 4.69) is 0 Å². The van der Waals surface area contributed by atoms with E-state index in [0.29, 0.717) is 0 Å². The summed E-state index contributed by atoms with van der Waals surface area (Å²) in [6, 6.07) is 0. The van der Waals surface area contributed by atoms with Crippen molar-refractivity contribution in [3.63, 3.8) is 0 Å². The molecule has 0 bridgehead atoms. The Morgan fingerprint density at radius 1 is 0.571 bits per heavy atom. The van der Waals surface area contributed by atoms with Crippen LogP contribution in [0.25, 0.3) is 0 Å². The molecule has 0 atom stereocenters. The van der Waals surface area contributed by atoms with E-state index in [1.807, 2.05) is 0 Å². The van der Waals surface area contributed by atoms with E-state index in [9.17, 15) is 0 Å². The van der Waals surface area contributed by atoms with Gasteiger partial charge in [0.05, 0.1) is 0 Å². The lowest BCUT2D eigenvalue weighted by molar-refractivity contribution is 0.399. The zero-order chi connectivity index (χ0) is 12.7. The maximum Gasteiger partial charge on any atom is 0.692 e. The fourth-order valence-corrected chi connectivity index (χ4v) is 0. The van der Waals surface area contributed by atoms with E-state index in [4.69, 9.17) is 48.2 Å². The number of aliphatic hydroxyl groups is 1. The highest BCUT2D eigenvalue weighted by Gasteiger charge is 1.93. The van der Waals surface area contributed by atoms with Crippen LogP contribution in [0.5, 0.6) is 0 Å². The molecule has 10 nitrogen and oxygen atoms in total. The molecule has 14 heavy (non-hydrogen) atoms. The van der Waals surface area contributed by atoms with Crippen LogP contribution >= 0.6 is 24.8 Å². The summed E-state index contributed by atoms with van der Waals surface area (Å²) in [4.78, 5) is 42.7. The van der Waals surface area contributed by atoms with Crippen LogP contribution < -0.4 is 0 Å². The number of hydrogen-bond donors (Lipinski definition) is 7. The first-order chi connectivity index (χ1) is 6.20. The third-order valence-electron chi connectivity index (χ3n) is 0. The Kier molecular flexibility index (Phi) is 39.1. The van der Waals surface area contributed by atoms with Crippen LogP contribution in [0, 0.1) is 0 Å². The van der Waals surface area contributed by atoms with Gasteiger partial charge in [-0.1, -0.05) is 0 Å². The van der Waals surface area contributed by atoms with Crippen molar-refractivity contribution in [3.05, 3.63) is 0 Å². The van der Waals surface area contributed by atoms with Crippen LogP contribution in [0.4, 0.5) is 0 Å². The van der Waals surface area contributed by atoms with Crippen LogP contribution in [0.2, 0.25) is 0 Å². The summed E-state index contributed by atoms with van der Waals surface area (Å²) < 4.78 is 26.1. The molecule has 0 rings (SSSR count). The molecule has 0 spiro atoms. The molecule has 13 heteroatoms. The van der Waals surface area contributed by atoms with Crippen molar-refractivity contribution in [1.29, 1.82) is 0 Å². The van der Waals surface area contributed by atoms with Gasteiger partial charge < -0.3 is 5.11 Å².